The second-order valence-electron chi connectivity index (χ2n) is 3.32. The highest BCUT2D eigenvalue weighted by atomic mass is 16.5. The van der Waals surface area contributed by atoms with Gasteiger partial charge in [0.05, 0.1) is 6.61 Å². The van der Waals surface area contributed by atoms with Gasteiger partial charge in [-0.15, -0.1) is 0 Å². The van der Waals surface area contributed by atoms with Crippen LogP contribution in [0.4, 0.5) is 0 Å². The fraction of sp³-hybridized carbons (Fsp3) is 0.917. The zero-order valence-electron chi connectivity index (χ0n) is 10.8. The van der Waals surface area contributed by atoms with E-state index in [9.17, 15) is 4.79 Å². The van der Waals surface area contributed by atoms with Crippen molar-refractivity contribution in [1.82, 2.24) is 0 Å². The molecule has 1 fully saturated rings. The summed E-state index contributed by atoms with van der Waals surface area (Å²) in [7, 11) is 0. The summed E-state index contributed by atoms with van der Waals surface area (Å²) >= 11 is 0. The molecule has 1 saturated heterocycles. The van der Waals surface area contributed by atoms with Crippen LogP contribution in [0.1, 0.15) is 46.5 Å². The van der Waals surface area contributed by atoms with Gasteiger partial charge in [0.25, 0.3) is 0 Å². The van der Waals surface area contributed by atoms with Crippen LogP contribution in [0, 0.1) is 0 Å². The minimum Gasteiger partial charge on any atom is -0.466 e. The fourth-order valence-corrected chi connectivity index (χ4v) is 0.872. The third kappa shape index (κ3) is 23.3. The van der Waals surface area contributed by atoms with Crippen molar-refractivity contribution < 1.29 is 19.4 Å². The zero-order valence-corrected chi connectivity index (χ0v) is 10.8. The average molecular weight is 234 g/mol. The van der Waals surface area contributed by atoms with Gasteiger partial charge in [0.15, 0.2) is 0 Å². The maximum Gasteiger partial charge on any atom is 0.302 e. The molecule has 4 nitrogen and oxygen atoms in total. The molecule has 0 saturated carbocycles. The third-order valence-corrected chi connectivity index (χ3v) is 1.69. The van der Waals surface area contributed by atoms with Crippen LogP contribution in [0.3, 0.4) is 0 Å². The average Bonchev–Trinajstić information content (AvgIpc) is 2.77. The van der Waals surface area contributed by atoms with Crippen LogP contribution in [-0.4, -0.2) is 37.5 Å². The number of carbonyl (C=O) groups is 1. The number of hydrogen-bond acceptors (Lipinski definition) is 4. The zero-order chi connectivity index (χ0) is 12.6. The van der Waals surface area contributed by atoms with Crippen LogP contribution >= 0.6 is 0 Å². The molecule has 0 amide bonds. The van der Waals surface area contributed by atoms with E-state index in [2.05, 4.69) is 11.7 Å². The first-order chi connectivity index (χ1) is 7.68. The fourth-order valence-electron chi connectivity index (χ4n) is 0.872. The van der Waals surface area contributed by atoms with Crippen LogP contribution in [-0.2, 0) is 14.3 Å². The van der Waals surface area contributed by atoms with E-state index in [-0.39, 0.29) is 5.97 Å². The first-order valence-corrected chi connectivity index (χ1v) is 6.00. The summed E-state index contributed by atoms with van der Waals surface area (Å²) in [5.74, 6) is -0.211. The van der Waals surface area contributed by atoms with E-state index in [1.807, 2.05) is 0 Å². The van der Waals surface area contributed by atoms with Crippen molar-refractivity contribution >= 4 is 5.97 Å². The molecule has 0 aromatic carbocycles. The van der Waals surface area contributed by atoms with Crippen LogP contribution < -0.4 is 0 Å². The first kappa shape index (κ1) is 17.8. The van der Waals surface area contributed by atoms with Crippen molar-refractivity contribution in [2.24, 2.45) is 0 Å². The van der Waals surface area contributed by atoms with E-state index >= 15 is 0 Å². The molecule has 0 aromatic heterocycles. The summed E-state index contributed by atoms with van der Waals surface area (Å²) in [6.07, 6.45) is 4.59. The molecule has 16 heavy (non-hydrogen) atoms. The number of esters is 1. The Kier molecular flexibility index (Phi) is 18.7. The number of hydrogen-bond donors (Lipinski definition) is 1. The maximum atomic E-state index is 9.82. The highest BCUT2D eigenvalue weighted by Gasteiger charge is 1.94. The van der Waals surface area contributed by atoms with Gasteiger partial charge in [0.2, 0.25) is 0 Å². The van der Waals surface area contributed by atoms with Gasteiger partial charge in [-0.25, -0.2) is 0 Å². The maximum absolute atomic E-state index is 9.82. The second-order valence-corrected chi connectivity index (χ2v) is 3.32. The molecule has 0 spiro atoms. The number of aliphatic hydroxyl groups is 1. The van der Waals surface area contributed by atoms with Gasteiger partial charge in [-0.1, -0.05) is 13.3 Å². The summed E-state index contributed by atoms with van der Waals surface area (Å²) in [6.45, 7) is 8.05. The minimum atomic E-state index is -0.211. The highest BCUT2D eigenvalue weighted by molar-refractivity contribution is 5.65. The lowest BCUT2D eigenvalue weighted by atomic mass is 10.4. The van der Waals surface area contributed by atoms with E-state index in [0.717, 1.165) is 26.1 Å². The Labute approximate surface area is 98.9 Å². The predicted octanol–water partition coefficient (Wildman–Crippen LogP) is 2.15. The predicted molar refractivity (Wildman–Crippen MR) is 64.4 cm³/mol. The summed E-state index contributed by atoms with van der Waals surface area (Å²) in [5, 5.41) is 8.07. The lowest BCUT2D eigenvalue weighted by Crippen LogP contribution is -1.95. The van der Waals surface area contributed by atoms with Gasteiger partial charge in [0.1, 0.15) is 0 Å². The summed E-state index contributed by atoms with van der Waals surface area (Å²) in [5.41, 5.74) is 0. The van der Waals surface area contributed by atoms with Gasteiger partial charge in [-0.05, 0) is 26.2 Å². The van der Waals surface area contributed by atoms with Crippen molar-refractivity contribution in [3.05, 3.63) is 0 Å². The molecule has 0 bridgehead atoms. The number of unbranched alkanes of at least 4 members (excludes halogenated alkanes) is 1. The van der Waals surface area contributed by atoms with E-state index in [0.29, 0.717) is 13.2 Å². The Morgan fingerprint density at radius 1 is 1.31 bits per heavy atom. The molecule has 4 heteroatoms. The van der Waals surface area contributed by atoms with E-state index in [4.69, 9.17) is 9.84 Å². The van der Waals surface area contributed by atoms with Crippen molar-refractivity contribution in [2.45, 2.75) is 46.5 Å². The molecule has 0 atom stereocenters. The standard InChI is InChI=1S/C4H8O2.C4H8O.C4H10O/c1-3-6-4(2)5;1-2-4-5-3-1;1-2-3-4-5/h3H2,1-2H3;1-4H2;5H,2-4H2,1H3. The lowest BCUT2D eigenvalue weighted by molar-refractivity contribution is -0.140. The molecule has 0 aromatic rings. The molecule has 0 aliphatic carbocycles. The molecular weight excluding hydrogens is 208 g/mol. The van der Waals surface area contributed by atoms with Gasteiger partial charge in [0, 0.05) is 26.7 Å². The Bertz CT molecular complexity index is 123. The number of rotatable bonds is 3. The van der Waals surface area contributed by atoms with E-state index < -0.39 is 0 Å². The number of aliphatic hydroxyl groups excluding tert-OH is 1. The minimum absolute atomic E-state index is 0.211. The van der Waals surface area contributed by atoms with Gasteiger partial charge in [-0.2, -0.15) is 0 Å². The summed E-state index contributed by atoms with van der Waals surface area (Å²) in [4.78, 5) is 9.82. The molecule has 1 heterocycles. The van der Waals surface area contributed by atoms with Crippen molar-refractivity contribution in [3.8, 4) is 0 Å². The van der Waals surface area contributed by atoms with Crippen LogP contribution in [0.15, 0.2) is 0 Å². The van der Waals surface area contributed by atoms with Crippen LogP contribution in [0.25, 0.3) is 0 Å². The van der Waals surface area contributed by atoms with E-state index in [1.165, 1.54) is 19.8 Å². The largest absolute Gasteiger partial charge is 0.466 e. The molecular formula is C12H26O4. The molecule has 1 N–H and O–H groups in total. The molecule has 0 unspecified atom stereocenters. The van der Waals surface area contributed by atoms with E-state index in [1.54, 1.807) is 6.92 Å². The number of ether oxygens (including phenoxy) is 2. The second kappa shape index (κ2) is 16.8. The molecule has 0 radical (unpaired) electrons. The van der Waals surface area contributed by atoms with Gasteiger partial charge < -0.3 is 14.6 Å². The smallest absolute Gasteiger partial charge is 0.302 e. The summed E-state index contributed by atoms with van der Waals surface area (Å²) in [6, 6.07) is 0. The molecule has 1 aliphatic rings. The highest BCUT2D eigenvalue weighted by Crippen LogP contribution is 1.98. The topological polar surface area (TPSA) is 55.8 Å². The quantitative estimate of drug-likeness (QED) is 0.760. The SMILES string of the molecule is C1CCOC1.CCCCO.CCOC(C)=O. The Morgan fingerprint density at radius 3 is 1.94 bits per heavy atom. The van der Waals surface area contributed by atoms with Crippen LogP contribution in [0.5, 0.6) is 0 Å². The molecule has 1 aliphatic heterocycles. The first-order valence-electron chi connectivity index (χ1n) is 6.00. The summed E-state index contributed by atoms with van der Waals surface area (Å²) < 4.78 is 9.35. The van der Waals surface area contributed by atoms with Gasteiger partial charge >= 0.3 is 5.97 Å². The molecule has 1 rings (SSSR count). The third-order valence-electron chi connectivity index (χ3n) is 1.69. The lowest BCUT2D eigenvalue weighted by Gasteiger charge is -1.89. The van der Waals surface area contributed by atoms with Crippen molar-refractivity contribution in [3.63, 3.8) is 0 Å². The van der Waals surface area contributed by atoms with Crippen LogP contribution in [0.2, 0.25) is 0 Å². The normalized spacial score (nSPS) is 13.0. The van der Waals surface area contributed by atoms with Crippen molar-refractivity contribution in [2.75, 3.05) is 26.4 Å². The Morgan fingerprint density at radius 2 is 1.88 bits per heavy atom. The van der Waals surface area contributed by atoms with Crippen molar-refractivity contribution in [1.29, 1.82) is 0 Å². The Hall–Kier alpha value is -0.610. The Balaban J connectivity index is 0. The monoisotopic (exact) mass is 234 g/mol. The van der Waals surface area contributed by atoms with Gasteiger partial charge in [-0.3, -0.25) is 4.79 Å². The number of carbonyl (C=O) groups excluding carboxylic acids is 1. The molecule has 98 valence electrons.